The second-order valence-electron chi connectivity index (χ2n) is 6.56. The molecule has 0 saturated heterocycles. The molecule has 0 bridgehead atoms. The molecule has 0 saturated carbocycles. The molecule has 26 heavy (non-hydrogen) atoms. The van der Waals surface area contributed by atoms with E-state index < -0.39 is 0 Å². The summed E-state index contributed by atoms with van der Waals surface area (Å²) in [4.78, 5) is 24.1. The van der Waals surface area contributed by atoms with Gasteiger partial charge in [0.2, 0.25) is 0 Å². The Morgan fingerprint density at radius 3 is 2.96 bits per heavy atom. The molecular weight excluding hydrogens is 348 g/mol. The lowest BCUT2D eigenvalue weighted by Gasteiger charge is -2.25. The normalized spacial score (nSPS) is 14.4. The quantitative estimate of drug-likeness (QED) is 0.849. The number of likely N-dealkylation sites (N-methyl/N-ethyl adjacent to an activating group) is 2. The van der Waals surface area contributed by atoms with E-state index in [1.165, 1.54) is 0 Å². The monoisotopic (exact) mass is 370 g/mol. The van der Waals surface area contributed by atoms with Crippen LogP contribution in [0, 0.1) is 0 Å². The van der Waals surface area contributed by atoms with Gasteiger partial charge in [-0.05, 0) is 31.3 Å². The summed E-state index contributed by atoms with van der Waals surface area (Å²) in [6.07, 6.45) is 6.50. The number of allylic oxidation sites excluding steroid dienone is 2. The number of nitrogens with zero attached hydrogens (tertiary/aromatic N) is 3. The summed E-state index contributed by atoms with van der Waals surface area (Å²) in [5.41, 5.74) is 3.66. The molecular formula is C20H23ClN4O. The van der Waals surface area contributed by atoms with Gasteiger partial charge in [0.1, 0.15) is 0 Å². The van der Waals surface area contributed by atoms with Gasteiger partial charge in [-0.2, -0.15) is 0 Å². The Balaban J connectivity index is 1.71. The third-order valence-corrected chi connectivity index (χ3v) is 4.60. The molecule has 3 heterocycles. The van der Waals surface area contributed by atoms with Crippen LogP contribution in [0.1, 0.15) is 17.1 Å². The minimum atomic E-state index is -0.00754. The van der Waals surface area contributed by atoms with Gasteiger partial charge in [-0.3, -0.25) is 9.78 Å². The van der Waals surface area contributed by atoms with Crippen molar-refractivity contribution in [3.63, 3.8) is 0 Å². The number of nitrogens with one attached hydrogen (secondary N) is 1. The smallest absolute Gasteiger partial charge is 0.182 e. The van der Waals surface area contributed by atoms with E-state index in [1.807, 2.05) is 50.6 Å². The maximum Gasteiger partial charge on any atom is 0.182 e. The van der Waals surface area contributed by atoms with Crippen molar-refractivity contribution in [1.29, 1.82) is 0 Å². The molecule has 0 fully saturated rings. The van der Waals surface area contributed by atoms with E-state index in [1.54, 1.807) is 12.1 Å². The summed E-state index contributed by atoms with van der Waals surface area (Å²) in [6.45, 7) is 2.25. The summed E-state index contributed by atoms with van der Waals surface area (Å²) < 4.78 is 0. The molecule has 1 aliphatic rings. The Hall–Kier alpha value is -2.37. The Morgan fingerprint density at radius 2 is 2.19 bits per heavy atom. The zero-order valence-electron chi connectivity index (χ0n) is 15.1. The fraction of sp³-hybridized carbons (Fsp3) is 0.300. The largest absolute Gasteiger partial charge is 0.369 e. The van der Waals surface area contributed by atoms with Crippen molar-refractivity contribution in [2.75, 3.05) is 27.2 Å². The first kappa shape index (κ1) is 18.4. The van der Waals surface area contributed by atoms with Gasteiger partial charge in [0.25, 0.3) is 0 Å². The zero-order valence-corrected chi connectivity index (χ0v) is 15.8. The Bertz CT molecular complexity index is 873. The number of rotatable bonds is 6. The number of aromatic amines is 1. The maximum absolute atomic E-state index is 12.2. The van der Waals surface area contributed by atoms with E-state index in [9.17, 15) is 4.79 Å². The minimum absolute atomic E-state index is 0.00754. The van der Waals surface area contributed by atoms with Crippen molar-refractivity contribution in [2.24, 2.45) is 0 Å². The van der Waals surface area contributed by atoms with Gasteiger partial charge in [0.15, 0.2) is 5.43 Å². The minimum Gasteiger partial charge on any atom is -0.369 e. The van der Waals surface area contributed by atoms with Gasteiger partial charge in [-0.1, -0.05) is 17.7 Å². The molecule has 0 aliphatic carbocycles. The molecule has 6 heteroatoms. The molecule has 2 aromatic rings. The van der Waals surface area contributed by atoms with Crippen LogP contribution in [0.2, 0.25) is 0 Å². The van der Waals surface area contributed by atoms with E-state index in [-0.39, 0.29) is 5.43 Å². The molecule has 1 N–H and O–H groups in total. The van der Waals surface area contributed by atoms with E-state index in [0.717, 1.165) is 42.3 Å². The Kier molecular flexibility index (Phi) is 5.91. The Morgan fingerprint density at radius 1 is 1.35 bits per heavy atom. The highest BCUT2D eigenvalue weighted by Gasteiger charge is 2.14. The molecule has 1 aliphatic heterocycles. The number of hydrogen-bond donors (Lipinski definition) is 1. The highest BCUT2D eigenvalue weighted by Crippen LogP contribution is 2.23. The average molecular weight is 371 g/mol. The second kappa shape index (κ2) is 8.34. The first-order valence-corrected chi connectivity index (χ1v) is 8.99. The zero-order chi connectivity index (χ0) is 18.5. The lowest BCUT2D eigenvalue weighted by atomic mass is 10.1. The van der Waals surface area contributed by atoms with Gasteiger partial charge in [-0.15, -0.1) is 0 Å². The van der Waals surface area contributed by atoms with E-state index in [0.29, 0.717) is 11.6 Å². The van der Waals surface area contributed by atoms with Crippen LogP contribution in [-0.2, 0) is 13.0 Å². The first-order valence-electron chi connectivity index (χ1n) is 8.62. The molecule has 0 aromatic carbocycles. The number of halogens is 1. The molecule has 2 aromatic heterocycles. The first-order chi connectivity index (χ1) is 12.5. The van der Waals surface area contributed by atoms with Crippen LogP contribution in [0.3, 0.4) is 0 Å². The number of H-pyrrole nitrogens is 1. The summed E-state index contributed by atoms with van der Waals surface area (Å²) in [7, 11) is 4.02. The third-order valence-electron chi connectivity index (χ3n) is 4.34. The molecule has 0 unspecified atom stereocenters. The average Bonchev–Trinajstić information content (AvgIpc) is 2.62. The predicted molar refractivity (Wildman–Crippen MR) is 106 cm³/mol. The number of pyridine rings is 2. The van der Waals surface area contributed by atoms with Crippen LogP contribution in [-0.4, -0.2) is 47.0 Å². The molecule has 3 rings (SSSR count). The van der Waals surface area contributed by atoms with Gasteiger partial charge in [0, 0.05) is 67.9 Å². The number of hydrogen-bond acceptors (Lipinski definition) is 4. The van der Waals surface area contributed by atoms with Crippen LogP contribution < -0.4 is 5.43 Å². The SMILES string of the molecule is CN(CCc1ccccn1)Cc1cc(=O)cc(C2=CC(Cl)=CCN2C)[nH]1. The van der Waals surface area contributed by atoms with E-state index >= 15 is 0 Å². The van der Waals surface area contributed by atoms with Gasteiger partial charge in [-0.25, -0.2) is 0 Å². The Labute approximate surface area is 158 Å². The molecule has 136 valence electrons. The van der Waals surface area contributed by atoms with Crippen LogP contribution in [0.5, 0.6) is 0 Å². The van der Waals surface area contributed by atoms with Crippen LogP contribution in [0.25, 0.3) is 5.70 Å². The molecule has 0 amide bonds. The highest BCUT2D eigenvalue weighted by molar-refractivity contribution is 6.31. The fourth-order valence-electron chi connectivity index (χ4n) is 2.95. The second-order valence-corrected chi connectivity index (χ2v) is 7.00. The molecule has 0 atom stereocenters. The highest BCUT2D eigenvalue weighted by atomic mass is 35.5. The van der Waals surface area contributed by atoms with Gasteiger partial charge in [0.05, 0.1) is 11.4 Å². The summed E-state index contributed by atoms with van der Waals surface area (Å²) >= 11 is 6.14. The lowest BCUT2D eigenvalue weighted by Crippen LogP contribution is -2.24. The summed E-state index contributed by atoms with van der Waals surface area (Å²) in [5.74, 6) is 0. The van der Waals surface area contributed by atoms with Crippen molar-refractivity contribution in [3.8, 4) is 0 Å². The van der Waals surface area contributed by atoms with Crippen molar-refractivity contribution in [3.05, 3.63) is 81.0 Å². The van der Waals surface area contributed by atoms with Crippen molar-refractivity contribution in [1.82, 2.24) is 19.8 Å². The van der Waals surface area contributed by atoms with Gasteiger partial charge >= 0.3 is 0 Å². The van der Waals surface area contributed by atoms with Crippen molar-refractivity contribution in [2.45, 2.75) is 13.0 Å². The summed E-state index contributed by atoms with van der Waals surface area (Å²) in [5, 5.41) is 0.692. The van der Waals surface area contributed by atoms with Crippen molar-refractivity contribution >= 4 is 17.3 Å². The third kappa shape index (κ3) is 4.84. The maximum atomic E-state index is 12.2. The topological polar surface area (TPSA) is 52.2 Å². The summed E-state index contributed by atoms with van der Waals surface area (Å²) in [6, 6.07) is 9.22. The number of aromatic nitrogens is 2. The van der Waals surface area contributed by atoms with Crippen LogP contribution >= 0.6 is 11.6 Å². The van der Waals surface area contributed by atoms with Crippen LogP contribution in [0.15, 0.2) is 58.5 Å². The lowest BCUT2D eigenvalue weighted by molar-refractivity contribution is 0.325. The molecule has 5 nitrogen and oxygen atoms in total. The van der Waals surface area contributed by atoms with Crippen molar-refractivity contribution < 1.29 is 0 Å². The van der Waals surface area contributed by atoms with E-state index in [2.05, 4.69) is 19.8 Å². The standard InChI is InChI=1S/C20H23ClN4O/c1-24(9-7-16-5-3-4-8-22-16)14-17-12-18(26)13-19(23-17)20-11-15(21)6-10-25(20)2/h3-6,8,11-13H,7,9-10,14H2,1-2H3,(H,23,26). The van der Waals surface area contributed by atoms with E-state index in [4.69, 9.17) is 11.6 Å². The molecule has 0 spiro atoms. The van der Waals surface area contributed by atoms with Gasteiger partial charge < -0.3 is 14.8 Å². The van der Waals surface area contributed by atoms with Crippen LogP contribution in [0.4, 0.5) is 0 Å². The fourth-order valence-corrected chi connectivity index (χ4v) is 3.12. The molecule has 0 radical (unpaired) electrons. The predicted octanol–water partition coefficient (Wildman–Crippen LogP) is 2.85.